The molecule has 0 saturated carbocycles. The first kappa shape index (κ1) is 24.1. The second kappa shape index (κ2) is 14.3. The van der Waals surface area contributed by atoms with Gasteiger partial charge in [-0.3, -0.25) is 0 Å². The number of nitrogens with zero attached hydrogens (tertiary/aromatic N) is 4. The zero-order chi connectivity index (χ0) is 19.9. The SMILES string of the molecule is CC.CC.CC.Clc1nc(Cl)nc(-c2cccn2Cc2ccccc2)n1. The Morgan fingerprint density at radius 3 is 1.81 bits per heavy atom. The Balaban J connectivity index is 0.000000948. The van der Waals surface area contributed by atoms with Gasteiger partial charge in [0.15, 0.2) is 5.82 Å². The first-order valence-electron chi connectivity index (χ1n) is 8.99. The van der Waals surface area contributed by atoms with Crippen molar-refractivity contribution in [2.75, 3.05) is 0 Å². The van der Waals surface area contributed by atoms with E-state index in [0.29, 0.717) is 5.82 Å². The summed E-state index contributed by atoms with van der Waals surface area (Å²) in [5.74, 6) is 0.468. The average molecular weight is 395 g/mol. The van der Waals surface area contributed by atoms with Crippen molar-refractivity contribution in [3.8, 4) is 11.5 Å². The maximum absolute atomic E-state index is 5.82. The van der Waals surface area contributed by atoms with Crippen LogP contribution in [-0.4, -0.2) is 19.5 Å². The van der Waals surface area contributed by atoms with Gasteiger partial charge in [0, 0.05) is 12.7 Å². The Morgan fingerprint density at radius 2 is 1.27 bits per heavy atom. The van der Waals surface area contributed by atoms with Gasteiger partial charge < -0.3 is 4.57 Å². The number of benzene rings is 1. The minimum absolute atomic E-state index is 0.0902. The van der Waals surface area contributed by atoms with Crippen molar-refractivity contribution >= 4 is 23.2 Å². The van der Waals surface area contributed by atoms with Crippen LogP contribution >= 0.6 is 23.2 Å². The fourth-order valence-electron chi connectivity index (χ4n) is 1.98. The van der Waals surface area contributed by atoms with E-state index in [1.807, 2.05) is 82.6 Å². The van der Waals surface area contributed by atoms with E-state index >= 15 is 0 Å². The molecule has 0 saturated heterocycles. The van der Waals surface area contributed by atoms with E-state index < -0.39 is 0 Å². The summed E-state index contributed by atoms with van der Waals surface area (Å²) >= 11 is 11.6. The van der Waals surface area contributed by atoms with Gasteiger partial charge in [-0.15, -0.1) is 0 Å². The molecule has 0 N–H and O–H groups in total. The predicted octanol–water partition coefficient (Wildman–Crippen LogP) is 6.77. The summed E-state index contributed by atoms with van der Waals surface area (Å²) in [5.41, 5.74) is 2.04. The van der Waals surface area contributed by atoms with Crippen molar-refractivity contribution in [2.24, 2.45) is 0 Å². The van der Waals surface area contributed by atoms with Crippen LogP contribution in [0.25, 0.3) is 11.5 Å². The van der Waals surface area contributed by atoms with Gasteiger partial charge in [0.25, 0.3) is 0 Å². The molecule has 0 aliphatic rings. The van der Waals surface area contributed by atoms with Gasteiger partial charge in [0.1, 0.15) is 0 Å². The first-order chi connectivity index (χ1) is 12.7. The van der Waals surface area contributed by atoms with Crippen molar-refractivity contribution < 1.29 is 0 Å². The summed E-state index contributed by atoms with van der Waals surface area (Å²) in [6, 6.07) is 14.0. The molecule has 0 radical (unpaired) electrons. The van der Waals surface area contributed by atoms with E-state index in [1.54, 1.807) is 0 Å². The van der Waals surface area contributed by atoms with Gasteiger partial charge in [-0.25, -0.2) is 0 Å². The molecule has 0 atom stereocenters. The van der Waals surface area contributed by atoms with E-state index in [0.717, 1.165) is 12.2 Å². The summed E-state index contributed by atoms with van der Waals surface area (Å²) in [6.07, 6.45) is 1.97. The summed E-state index contributed by atoms with van der Waals surface area (Å²) in [6.45, 7) is 12.7. The van der Waals surface area contributed by atoms with Crippen molar-refractivity contribution in [3.63, 3.8) is 0 Å². The van der Waals surface area contributed by atoms with Crippen LogP contribution in [0.5, 0.6) is 0 Å². The summed E-state index contributed by atoms with van der Waals surface area (Å²) in [4.78, 5) is 12.0. The lowest BCUT2D eigenvalue weighted by Gasteiger charge is -2.08. The maximum Gasteiger partial charge on any atom is 0.227 e. The van der Waals surface area contributed by atoms with Crippen molar-refractivity contribution in [2.45, 2.75) is 48.1 Å². The number of aromatic nitrogens is 4. The molecule has 4 nitrogen and oxygen atoms in total. The maximum atomic E-state index is 5.82. The first-order valence-corrected chi connectivity index (χ1v) is 9.74. The van der Waals surface area contributed by atoms with Gasteiger partial charge in [-0.1, -0.05) is 71.9 Å². The predicted molar refractivity (Wildman–Crippen MR) is 113 cm³/mol. The fourth-order valence-corrected chi connectivity index (χ4v) is 2.34. The van der Waals surface area contributed by atoms with Gasteiger partial charge in [0.05, 0.1) is 5.69 Å². The van der Waals surface area contributed by atoms with E-state index in [9.17, 15) is 0 Å². The Kier molecular flexibility index (Phi) is 13.2. The fraction of sp³-hybridized carbons (Fsp3) is 0.350. The standard InChI is InChI=1S/C14H10Cl2N4.3C2H6/c15-13-17-12(18-14(16)19-13)11-7-4-8-20(11)9-10-5-2-1-3-6-10;3*1-2/h1-8H,9H2;3*1-2H3. The van der Waals surface area contributed by atoms with E-state index in [1.165, 1.54) is 5.56 Å². The minimum Gasteiger partial charge on any atom is -0.341 e. The quantitative estimate of drug-likeness (QED) is 0.491. The van der Waals surface area contributed by atoms with Crippen LogP contribution < -0.4 is 0 Å². The largest absolute Gasteiger partial charge is 0.341 e. The number of rotatable bonds is 3. The van der Waals surface area contributed by atoms with Crippen LogP contribution in [0.4, 0.5) is 0 Å². The zero-order valence-corrected chi connectivity index (χ0v) is 17.9. The molecular formula is C20H28Cl2N4. The summed E-state index contributed by atoms with van der Waals surface area (Å²) < 4.78 is 2.04. The molecule has 142 valence electrons. The third kappa shape index (κ3) is 7.54. The highest BCUT2D eigenvalue weighted by atomic mass is 35.5. The molecule has 0 spiro atoms. The molecule has 2 heterocycles. The smallest absolute Gasteiger partial charge is 0.227 e. The molecule has 3 aromatic rings. The van der Waals surface area contributed by atoms with Crippen LogP contribution in [0.1, 0.15) is 47.1 Å². The van der Waals surface area contributed by atoms with Crippen molar-refractivity contribution in [3.05, 3.63) is 64.8 Å². The third-order valence-corrected chi connectivity index (χ3v) is 3.17. The normalized spacial score (nSPS) is 8.92. The van der Waals surface area contributed by atoms with Gasteiger partial charge in [0.2, 0.25) is 10.6 Å². The van der Waals surface area contributed by atoms with E-state index in [4.69, 9.17) is 23.2 Å². The monoisotopic (exact) mass is 394 g/mol. The number of halogens is 2. The molecule has 2 aromatic heterocycles. The molecule has 1 aromatic carbocycles. The van der Waals surface area contributed by atoms with Crippen molar-refractivity contribution in [1.29, 1.82) is 0 Å². The zero-order valence-electron chi connectivity index (χ0n) is 16.4. The molecular weight excluding hydrogens is 367 g/mol. The molecule has 0 aliphatic carbocycles. The average Bonchev–Trinajstić information content (AvgIpc) is 3.15. The minimum atomic E-state index is 0.0902. The molecule has 3 rings (SSSR count). The van der Waals surface area contributed by atoms with Gasteiger partial charge >= 0.3 is 0 Å². The number of hydrogen-bond donors (Lipinski definition) is 0. The lowest BCUT2D eigenvalue weighted by atomic mass is 10.2. The Bertz CT molecular complexity index is 707. The molecule has 0 fully saturated rings. The Hall–Kier alpha value is -1.91. The van der Waals surface area contributed by atoms with Gasteiger partial charge in [-0.05, 0) is 40.9 Å². The van der Waals surface area contributed by atoms with Gasteiger partial charge in [-0.2, -0.15) is 15.0 Å². The van der Waals surface area contributed by atoms with Crippen LogP contribution in [0, 0.1) is 0 Å². The topological polar surface area (TPSA) is 43.6 Å². The third-order valence-electron chi connectivity index (χ3n) is 2.84. The molecule has 0 bridgehead atoms. The van der Waals surface area contributed by atoms with E-state index in [-0.39, 0.29) is 10.6 Å². The second-order valence-electron chi connectivity index (χ2n) is 4.20. The lowest BCUT2D eigenvalue weighted by molar-refractivity contribution is 0.805. The van der Waals surface area contributed by atoms with E-state index in [2.05, 4.69) is 27.1 Å². The molecule has 26 heavy (non-hydrogen) atoms. The number of hydrogen-bond acceptors (Lipinski definition) is 3. The lowest BCUT2D eigenvalue weighted by Crippen LogP contribution is -2.03. The second-order valence-corrected chi connectivity index (χ2v) is 4.88. The Labute approximate surface area is 167 Å². The van der Waals surface area contributed by atoms with Crippen LogP contribution in [0.15, 0.2) is 48.7 Å². The Morgan fingerprint density at radius 1 is 0.731 bits per heavy atom. The molecule has 6 heteroatoms. The van der Waals surface area contributed by atoms with Crippen LogP contribution in [0.3, 0.4) is 0 Å². The molecule has 0 unspecified atom stereocenters. The summed E-state index contributed by atoms with van der Waals surface area (Å²) in [7, 11) is 0. The highest BCUT2D eigenvalue weighted by Gasteiger charge is 2.10. The van der Waals surface area contributed by atoms with Crippen LogP contribution in [0.2, 0.25) is 10.6 Å². The van der Waals surface area contributed by atoms with Crippen molar-refractivity contribution in [1.82, 2.24) is 19.5 Å². The highest BCUT2D eigenvalue weighted by molar-refractivity contribution is 6.31. The molecule has 0 amide bonds. The summed E-state index contributed by atoms with van der Waals surface area (Å²) in [5, 5.41) is 0.180. The van der Waals surface area contributed by atoms with Crippen LogP contribution in [-0.2, 0) is 6.54 Å². The molecule has 0 aliphatic heterocycles. The highest BCUT2D eigenvalue weighted by Crippen LogP contribution is 2.20.